The molecule has 1 fully saturated rings. The van der Waals surface area contributed by atoms with Crippen molar-refractivity contribution in [1.29, 1.82) is 5.26 Å². The van der Waals surface area contributed by atoms with Gasteiger partial charge in [-0.15, -0.1) is 0 Å². The van der Waals surface area contributed by atoms with Crippen LogP contribution >= 0.6 is 0 Å². The molecular formula is C24H24F2N6O3S. The zero-order valence-electron chi connectivity index (χ0n) is 19.8. The van der Waals surface area contributed by atoms with Crippen molar-refractivity contribution in [3.05, 3.63) is 48.3 Å². The lowest BCUT2D eigenvalue weighted by Crippen LogP contribution is -2.43. The molecular weight excluding hydrogens is 490 g/mol. The molecule has 12 heteroatoms. The summed E-state index contributed by atoms with van der Waals surface area (Å²) in [6, 6.07) is 8.11. The van der Waals surface area contributed by atoms with E-state index in [2.05, 4.69) is 25.0 Å². The van der Waals surface area contributed by atoms with Gasteiger partial charge in [-0.2, -0.15) is 9.62 Å². The Morgan fingerprint density at radius 1 is 1.28 bits per heavy atom. The molecule has 2 heterocycles. The van der Waals surface area contributed by atoms with E-state index in [1.54, 1.807) is 6.07 Å². The van der Waals surface area contributed by atoms with Gasteiger partial charge in [-0.05, 0) is 30.5 Å². The fraction of sp³-hybridized carbons (Fsp3) is 0.333. The van der Waals surface area contributed by atoms with Crippen molar-refractivity contribution >= 4 is 43.7 Å². The van der Waals surface area contributed by atoms with Gasteiger partial charge in [0, 0.05) is 23.6 Å². The van der Waals surface area contributed by atoms with Gasteiger partial charge in [-0.3, -0.25) is 4.79 Å². The Labute approximate surface area is 207 Å². The predicted molar refractivity (Wildman–Crippen MR) is 132 cm³/mol. The number of aromatic nitrogens is 2. The summed E-state index contributed by atoms with van der Waals surface area (Å²) in [6.07, 6.45) is 0.185. The Hall–Kier alpha value is -3.85. The Kier molecular flexibility index (Phi) is 6.77. The number of nitrogens with zero attached hydrogens (tertiary/aromatic N) is 4. The molecule has 1 amide bonds. The summed E-state index contributed by atoms with van der Waals surface area (Å²) in [5.41, 5.74) is 0.636. The van der Waals surface area contributed by atoms with Gasteiger partial charge in [0.15, 0.2) is 6.10 Å². The molecule has 0 saturated carbocycles. The average Bonchev–Trinajstić information content (AvgIpc) is 2.77. The molecule has 3 aromatic rings. The van der Waals surface area contributed by atoms with E-state index in [1.807, 2.05) is 13.8 Å². The summed E-state index contributed by atoms with van der Waals surface area (Å²) in [5.74, 6) is -0.903. The summed E-state index contributed by atoms with van der Waals surface area (Å²) in [5, 5.41) is 14.0. The van der Waals surface area contributed by atoms with E-state index in [1.165, 1.54) is 37.5 Å². The number of fused-ring (bicyclic) bond motifs is 1. The van der Waals surface area contributed by atoms with Crippen molar-refractivity contribution in [3.63, 3.8) is 0 Å². The number of carbonyl (C=O) groups excluding carboxylic acids is 1. The standard InChI is InChI=1S/C24H24F2N6O3S/c1-14(23(33)28-7-6-27)35-20-8-15(25)4-5-18(20)31-22-21-17(26)9-16(10-19(21)29-13-30-22)32-36(34)11-24(2,3)12-36/h4-5,8-10,13-14H,7,11-12H2,1-3H3,(H,28,33)(H,29,30,31)/t14-/m1/s1. The van der Waals surface area contributed by atoms with Crippen LogP contribution < -0.4 is 15.4 Å². The van der Waals surface area contributed by atoms with Crippen LogP contribution in [0, 0.1) is 28.4 Å². The van der Waals surface area contributed by atoms with Gasteiger partial charge in [0.25, 0.3) is 5.91 Å². The third kappa shape index (κ3) is 5.52. The van der Waals surface area contributed by atoms with Crippen LogP contribution in [0.1, 0.15) is 20.8 Å². The maximum absolute atomic E-state index is 15.2. The first-order valence-corrected chi connectivity index (χ1v) is 12.9. The van der Waals surface area contributed by atoms with Gasteiger partial charge in [-0.25, -0.2) is 23.0 Å². The molecule has 2 N–H and O–H groups in total. The lowest BCUT2D eigenvalue weighted by Gasteiger charge is -2.37. The number of nitrogens with one attached hydrogen (secondary N) is 2. The highest BCUT2D eigenvalue weighted by atomic mass is 32.2. The number of halogens is 2. The molecule has 2 aromatic carbocycles. The van der Waals surface area contributed by atoms with Crippen molar-refractivity contribution in [2.45, 2.75) is 26.9 Å². The predicted octanol–water partition coefficient (Wildman–Crippen LogP) is 4.20. The van der Waals surface area contributed by atoms with Crippen molar-refractivity contribution in [3.8, 4) is 11.8 Å². The number of hydrogen-bond donors (Lipinski definition) is 2. The van der Waals surface area contributed by atoms with Gasteiger partial charge >= 0.3 is 0 Å². The fourth-order valence-electron chi connectivity index (χ4n) is 4.05. The topological polar surface area (TPSA) is 129 Å². The Bertz CT molecular complexity index is 1500. The number of anilines is 2. The number of amides is 1. The molecule has 0 bridgehead atoms. The van der Waals surface area contributed by atoms with Crippen LogP contribution in [-0.4, -0.2) is 44.2 Å². The van der Waals surface area contributed by atoms with E-state index >= 15 is 4.39 Å². The number of benzene rings is 2. The van der Waals surface area contributed by atoms with Crippen molar-refractivity contribution < 1.29 is 22.5 Å². The van der Waals surface area contributed by atoms with Crippen molar-refractivity contribution in [1.82, 2.24) is 15.3 Å². The molecule has 188 valence electrons. The molecule has 1 aliphatic heterocycles. The molecule has 36 heavy (non-hydrogen) atoms. The van der Waals surface area contributed by atoms with Crippen molar-refractivity contribution in [2.75, 3.05) is 23.4 Å². The van der Waals surface area contributed by atoms with Crippen LogP contribution in [0.4, 0.5) is 26.0 Å². The second-order valence-corrected chi connectivity index (χ2v) is 11.6. The van der Waals surface area contributed by atoms with E-state index in [9.17, 15) is 13.4 Å². The van der Waals surface area contributed by atoms with E-state index < -0.39 is 33.4 Å². The largest absolute Gasteiger partial charge is 0.479 e. The van der Waals surface area contributed by atoms with Crippen LogP contribution in [0.25, 0.3) is 10.9 Å². The first kappa shape index (κ1) is 25.2. The summed E-state index contributed by atoms with van der Waals surface area (Å²) >= 11 is 0. The molecule has 1 aromatic heterocycles. The summed E-state index contributed by atoms with van der Waals surface area (Å²) in [7, 11) is -2.43. The van der Waals surface area contributed by atoms with Crippen LogP contribution in [0.15, 0.2) is 41.0 Å². The van der Waals surface area contributed by atoms with Gasteiger partial charge in [0.05, 0.1) is 38.1 Å². The van der Waals surface area contributed by atoms with Crippen LogP contribution in [-0.2, 0) is 14.5 Å². The quantitative estimate of drug-likeness (QED) is 0.452. The lowest BCUT2D eigenvalue weighted by atomic mass is 9.99. The summed E-state index contributed by atoms with van der Waals surface area (Å²) < 4.78 is 51.9. The van der Waals surface area contributed by atoms with E-state index in [4.69, 9.17) is 10.00 Å². The highest BCUT2D eigenvalue weighted by Gasteiger charge is 2.38. The number of nitriles is 1. The van der Waals surface area contributed by atoms with Crippen LogP contribution in [0.2, 0.25) is 0 Å². The van der Waals surface area contributed by atoms with E-state index in [-0.39, 0.29) is 45.8 Å². The minimum atomic E-state index is -2.43. The highest BCUT2D eigenvalue weighted by molar-refractivity contribution is 7.95. The van der Waals surface area contributed by atoms with Crippen molar-refractivity contribution in [2.24, 2.45) is 9.78 Å². The zero-order valence-corrected chi connectivity index (χ0v) is 20.7. The molecule has 9 nitrogen and oxygen atoms in total. The zero-order chi connectivity index (χ0) is 26.1. The maximum Gasteiger partial charge on any atom is 0.261 e. The second-order valence-electron chi connectivity index (χ2n) is 9.26. The first-order chi connectivity index (χ1) is 17.0. The summed E-state index contributed by atoms with van der Waals surface area (Å²) in [4.78, 5) is 20.3. The molecule has 1 aliphatic rings. The second kappa shape index (κ2) is 9.66. The Morgan fingerprint density at radius 3 is 2.72 bits per heavy atom. The molecule has 0 radical (unpaired) electrons. The van der Waals surface area contributed by atoms with Gasteiger partial charge in [-0.1, -0.05) is 13.8 Å². The molecule has 0 aliphatic carbocycles. The SMILES string of the molecule is C[C@@H](Oc1cc(F)ccc1Nc1ncnc2cc(N=S3(=O)CC(C)(C)C3)cc(F)c12)C(=O)NCC#N. The van der Waals surface area contributed by atoms with Crippen LogP contribution in [0.5, 0.6) is 5.75 Å². The number of ether oxygens (including phenoxy) is 1. The Balaban J connectivity index is 1.65. The summed E-state index contributed by atoms with van der Waals surface area (Å²) in [6.45, 7) is 5.25. The minimum absolute atomic E-state index is 0.0158. The third-order valence-electron chi connectivity index (χ3n) is 5.39. The first-order valence-electron chi connectivity index (χ1n) is 11.0. The molecule has 1 atom stereocenters. The van der Waals surface area contributed by atoms with Gasteiger partial charge in [0.2, 0.25) is 0 Å². The monoisotopic (exact) mass is 514 g/mol. The number of carbonyl (C=O) groups is 1. The van der Waals surface area contributed by atoms with E-state index in [0.29, 0.717) is 11.5 Å². The highest BCUT2D eigenvalue weighted by Crippen LogP contribution is 2.37. The molecule has 1 saturated heterocycles. The number of rotatable bonds is 7. The Morgan fingerprint density at radius 2 is 2.03 bits per heavy atom. The van der Waals surface area contributed by atoms with Gasteiger partial charge in [0.1, 0.15) is 36.1 Å². The number of hydrogen-bond acceptors (Lipinski definition) is 8. The smallest absolute Gasteiger partial charge is 0.261 e. The third-order valence-corrected chi connectivity index (χ3v) is 8.40. The van der Waals surface area contributed by atoms with Gasteiger partial charge < -0.3 is 15.4 Å². The fourth-order valence-corrected chi connectivity index (χ4v) is 7.03. The molecule has 0 spiro atoms. The van der Waals surface area contributed by atoms with Crippen LogP contribution in [0.3, 0.4) is 0 Å². The maximum atomic E-state index is 15.2. The van der Waals surface area contributed by atoms with E-state index in [0.717, 1.165) is 6.07 Å². The normalized spacial score (nSPS) is 16.3. The minimum Gasteiger partial charge on any atom is -0.479 e. The molecule has 4 rings (SSSR count). The lowest BCUT2D eigenvalue weighted by molar-refractivity contribution is -0.126. The average molecular weight is 515 g/mol. The molecule has 0 unspecified atom stereocenters.